The maximum atomic E-state index is 11.0. The van der Waals surface area contributed by atoms with E-state index in [0.717, 1.165) is 19.4 Å². The maximum absolute atomic E-state index is 11.0. The van der Waals surface area contributed by atoms with Gasteiger partial charge in [-0.05, 0) is 12.8 Å². The fourth-order valence-electron chi connectivity index (χ4n) is 1.73. The third-order valence-corrected chi connectivity index (χ3v) is 2.32. The molecule has 1 aliphatic heterocycles. The van der Waals surface area contributed by atoms with Gasteiger partial charge in [0.05, 0.1) is 0 Å². The van der Waals surface area contributed by atoms with Crippen molar-refractivity contribution in [2.75, 3.05) is 6.54 Å². The third kappa shape index (κ3) is 1.71. The van der Waals surface area contributed by atoms with Crippen molar-refractivity contribution in [1.29, 1.82) is 0 Å². The second-order valence-corrected chi connectivity index (χ2v) is 3.23. The SMILES string of the molecule is CC[C@@H]1C[C@H](N)CN1C(C)=O. The molecular formula is C8H16N2O. The number of carbonyl (C=O) groups excluding carboxylic acids is 1. The average Bonchev–Trinajstić information content (AvgIpc) is 2.30. The third-order valence-electron chi connectivity index (χ3n) is 2.32. The summed E-state index contributed by atoms with van der Waals surface area (Å²) in [5, 5.41) is 0. The van der Waals surface area contributed by atoms with Gasteiger partial charge in [-0.1, -0.05) is 6.92 Å². The molecular weight excluding hydrogens is 140 g/mol. The summed E-state index contributed by atoms with van der Waals surface area (Å²) in [4.78, 5) is 12.9. The molecule has 11 heavy (non-hydrogen) atoms. The van der Waals surface area contributed by atoms with Crippen LogP contribution in [0.25, 0.3) is 0 Å². The molecule has 1 rings (SSSR count). The lowest BCUT2D eigenvalue weighted by molar-refractivity contribution is -0.129. The van der Waals surface area contributed by atoms with Gasteiger partial charge >= 0.3 is 0 Å². The number of nitrogens with zero attached hydrogens (tertiary/aromatic N) is 1. The van der Waals surface area contributed by atoms with E-state index in [2.05, 4.69) is 6.92 Å². The van der Waals surface area contributed by atoms with E-state index in [1.807, 2.05) is 4.90 Å². The van der Waals surface area contributed by atoms with Crippen molar-refractivity contribution in [2.45, 2.75) is 38.8 Å². The Bertz CT molecular complexity index is 158. The normalized spacial score (nSPS) is 31.0. The van der Waals surface area contributed by atoms with Gasteiger partial charge < -0.3 is 10.6 Å². The molecule has 1 saturated heterocycles. The molecule has 1 aliphatic rings. The van der Waals surface area contributed by atoms with E-state index in [-0.39, 0.29) is 11.9 Å². The van der Waals surface area contributed by atoms with E-state index in [4.69, 9.17) is 5.73 Å². The van der Waals surface area contributed by atoms with Crippen molar-refractivity contribution < 1.29 is 4.79 Å². The minimum atomic E-state index is 0.157. The van der Waals surface area contributed by atoms with Gasteiger partial charge in [0.1, 0.15) is 0 Å². The molecule has 64 valence electrons. The van der Waals surface area contributed by atoms with Gasteiger partial charge in [-0.15, -0.1) is 0 Å². The summed E-state index contributed by atoms with van der Waals surface area (Å²) in [6.07, 6.45) is 1.99. The van der Waals surface area contributed by atoms with Crippen LogP contribution in [0.2, 0.25) is 0 Å². The van der Waals surface area contributed by atoms with Gasteiger partial charge in [-0.25, -0.2) is 0 Å². The van der Waals surface area contributed by atoms with Gasteiger partial charge in [0, 0.05) is 25.6 Å². The van der Waals surface area contributed by atoms with Gasteiger partial charge in [0.15, 0.2) is 0 Å². The van der Waals surface area contributed by atoms with Crippen LogP contribution in [0.3, 0.4) is 0 Å². The number of amides is 1. The van der Waals surface area contributed by atoms with Gasteiger partial charge in [-0.3, -0.25) is 4.79 Å². The minimum Gasteiger partial charge on any atom is -0.338 e. The summed E-state index contributed by atoms with van der Waals surface area (Å²) in [5.74, 6) is 0.157. The first kappa shape index (κ1) is 8.53. The molecule has 0 aromatic heterocycles. The first-order valence-corrected chi connectivity index (χ1v) is 4.18. The summed E-state index contributed by atoms with van der Waals surface area (Å²) < 4.78 is 0. The number of rotatable bonds is 1. The lowest BCUT2D eigenvalue weighted by Gasteiger charge is -2.21. The second kappa shape index (κ2) is 3.22. The maximum Gasteiger partial charge on any atom is 0.219 e. The number of nitrogens with two attached hydrogens (primary N) is 1. The van der Waals surface area contributed by atoms with Gasteiger partial charge in [0.25, 0.3) is 0 Å². The molecule has 0 spiro atoms. The molecule has 3 nitrogen and oxygen atoms in total. The molecule has 0 radical (unpaired) electrons. The van der Waals surface area contributed by atoms with Crippen LogP contribution in [0, 0.1) is 0 Å². The second-order valence-electron chi connectivity index (χ2n) is 3.23. The zero-order valence-electron chi connectivity index (χ0n) is 7.21. The zero-order valence-corrected chi connectivity index (χ0v) is 7.21. The van der Waals surface area contributed by atoms with Gasteiger partial charge in [-0.2, -0.15) is 0 Å². The van der Waals surface area contributed by atoms with Crippen molar-refractivity contribution in [3.05, 3.63) is 0 Å². The predicted molar refractivity (Wildman–Crippen MR) is 44.1 cm³/mol. The minimum absolute atomic E-state index is 0.157. The zero-order chi connectivity index (χ0) is 8.43. The van der Waals surface area contributed by atoms with Crippen LogP contribution in [-0.4, -0.2) is 29.4 Å². The summed E-state index contributed by atoms with van der Waals surface area (Å²) in [6, 6.07) is 0.589. The number of hydrogen-bond acceptors (Lipinski definition) is 2. The molecule has 0 bridgehead atoms. The monoisotopic (exact) mass is 156 g/mol. The number of likely N-dealkylation sites (tertiary alicyclic amines) is 1. The number of hydrogen-bond donors (Lipinski definition) is 1. The fraction of sp³-hybridized carbons (Fsp3) is 0.875. The summed E-state index contributed by atoms with van der Waals surface area (Å²) >= 11 is 0. The Hall–Kier alpha value is -0.570. The van der Waals surface area contributed by atoms with Crippen LogP contribution in [0.15, 0.2) is 0 Å². The van der Waals surface area contributed by atoms with Gasteiger partial charge in [0.2, 0.25) is 5.91 Å². The Labute approximate surface area is 67.5 Å². The van der Waals surface area contributed by atoms with Crippen molar-refractivity contribution in [3.8, 4) is 0 Å². The van der Waals surface area contributed by atoms with E-state index in [1.54, 1.807) is 6.92 Å². The standard InChI is InChI=1S/C8H16N2O/c1-3-8-4-7(9)5-10(8)6(2)11/h7-8H,3-5,9H2,1-2H3/t7-,8+/m0/s1. The molecule has 0 aliphatic carbocycles. The Morgan fingerprint density at radius 2 is 2.36 bits per heavy atom. The van der Waals surface area contributed by atoms with Crippen LogP contribution in [0.4, 0.5) is 0 Å². The summed E-state index contributed by atoms with van der Waals surface area (Å²) in [6.45, 7) is 4.45. The molecule has 2 N–H and O–H groups in total. The van der Waals surface area contributed by atoms with Crippen LogP contribution >= 0.6 is 0 Å². The van der Waals surface area contributed by atoms with Crippen molar-refractivity contribution in [1.82, 2.24) is 4.90 Å². The highest BCUT2D eigenvalue weighted by Crippen LogP contribution is 2.18. The molecule has 0 aromatic carbocycles. The molecule has 2 atom stereocenters. The Morgan fingerprint density at radius 1 is 1.73 bits per heavy atom. The molecule has 3 heteroatoms. The van der Waals surface area contributed by atoms with E-state index >= 15 is 0 Å². The molecule has 0 aromatic rings. The average molecular weight is 156 g/mol. The lowest BCUT2D eigenvalue weighted by Crippen LogP contribution is -2.34. The quantitative estimate of drug-likeness (QED) is 0.595. The molecule has 0 unspecified atom stereocenters. The highest BCUT2D eigenvalue weighted by Gasteiger charge is 2.29. The summed E-state index contributed by atoms with van der Waals surface area (Å²) in [5.41, 5.74) is 5.74. The van der Waals surface area contributed by atoms with Crippen molar-refractivity contribution in [2.24, 2.45) is 5.73 Å². The highest BCUT2D eigenvalue weighted by molar-refractivity contribution is 5.74. The highest BCUT2D eigenvalue weighted by atomic mass is 16.2. The Kier molecular flexibility index (Phi) is 2.49. The number of carbonyl (C=O) groups is 1. The first-order valence-electron chi connectivity index (χ1n) is 4.18. The molecule has 1 heterocycles. The Balaban J connectivity index is 2.57. The van der Waals surface area contributed by atoms with Crippen LogP contribution in [-0.2, 0) is 4.79 Å². The molecule has 0 saturated carbocycles. The van der Waals surface area contributed by atoms with Crippen LogP contribution in [0.1, 0.15) is 26.7 Å². The van der Waals surface area contributed by atoms with Crippen LogP contribution in [0.5, 0.6) is 0 Å². The summed E-state index contributed by atoms with van der Waals surface area (Å²) in [7, 11) is 0. The smallest absolute Gasteiger partial charge is 0.219 e. The molecule has 1 amide bonds. The van der Waals surface area contributed by atoms with Crippen molar-refractivity contribution in [3.63, 3.8) is 0 Å². The van der Waals surface area contributed by atoms with E-state index < -0.39 is 0 Å². The largest absolute Gasteiger partial charge is 0.338 e. The topological polar surface area (TPSA) is 46.3 Å². The fourth-order valence-corrected chi connectivity index (χ4v) is 1.73. The van der Waals surface area contributed by atoms with E-state index in [9.17, 15) is 4.79 Å². The predicted octanol–water partition coefficient (Wildman–Crippen LogP) is 0.345. The molecule has 1 fully saturated rings. The van der Waals surface area contributed by atoms with Crippen molar-refractivity contribution >= 4 is 5.91 Å². The van der Waals surface area contributed by atoms with Crippen LogP contribution < -0.4 is 5.73 Å². The first-order chi connectivity index (χ1) is 5.15. The van der Waals surface area contributed by atoms with E-state index in [1.165, 1.54) is 0 Å². The Morgan fingerprint density at radius 3 is 2.73 bits per heavy atom. The lowest BCUT2D eigenvalue weighted by atomic mass is 10.1. The van der Waals surface area contributed by atoms with E-state index in [0.29, 0.717) is 6.04 Å².